The summed E-state index contributed by atoms with van der Waals surface area (Å²) in [6.45, 7) is -0.118. The molecule has 3 aromatic rings. The van der Waals surface area contributed by atoms with Gasteiger partial charge in [0.1, 0.15) is 0 Å². The molecule has 0 spiro atoms. The van der Waals surface area contributed by atoms with E-state index < -0.39 is 11.9 Å². The summed E-state index contributed by atoms with van der Waals surface area (Å²) in [5, 5.41) is 10.9. The number of esters is 1. The quantitative estimate of drug-likeness (QED) is 0.345. The minimum absolute atomic E-state index is 0.218. The van der Waals surface area contributed by atoms with Crippen molar-refractivity contribution in [3.63, 3.8) is 0 Å². The number of ether oxygens (including phenoxy) is 1. The third kappa shape index (κ3) is 5.55. The van der Waals surface area contributed by atoms with Gasteiger partial charge in [0.25, 0.3) is 5.91 Å². The Balaban J connectivity index is 1.48. The van der Waals surface area contributed by atoms with Crippen molar-refractivity contribution in [2.24, 2.45) is 0 Å². The van der Waals surface area contributed by atoms with Crippen LogP contribution in [-0.4, -0.2) is 30.0 Å². The molecule has 0 saturated heterocycles. The number of carbonyl (C=O) groups excluding carboxylic acids is 2. The number of nitrogens with zero attached hydrogens (tertiary/aromatic N) is 2. The van der Waals surface area contributed by atoms with E-state index in [0.29, 0.717) is 5.56 Å². The van der Waals surface area contributed by atoms with E-state index in [1.54, 1.807) is 35.2 Å². The van der Waals surface area contributed by atoms with E-state index in [9.17, 15) is 9.59 Å². The zero-order valence-corrected chi connectivity index (χ0v) is 16.5. The molecule has 1 N–H and O–H groups in total. The minimum atomic E-state index is -0.555. The van der Waals surface area contributed by atoms with Crippen LogP contribution in [-0.2, 0) is 15.3 Å². The molecule has 0 aliphatic heterocycles. The second-order valence-corrected chi connectivity index (χ2v) is 8.02. The van der Waals surface area contributed by atoms with Crippen LogP contribution in [0.25, 0.3) is 10.2 Å². The van der Waals surface area contributed by atoms with Gasteiger partial charge in [0.15, 0.2) is 10.9 Å². The van der Waals surface area contributed by atoms with Crippen molar-refractivity contribution in [2.75, 3.05) is 13.2 Å². The molecule has 0 aliphatic rings. The summed E-state index contributed by atoms with van der Waals surface area (Å²) >= 11 is 3.32. The van der Waals surface area contributed by atoms with E-state index in [2.05, 4.69) is 16.4 Å². The lowest BCUT2D eigenvalue weighted by atomic mass is 10.1. The third-order valence-corrected chi connectivity index (χ3v) is 5.97. The molecule has 0 bridgehead atoms. The largest absolute Gasteiger partial charge is 0.452 e. The van der Waals surface area contributed by atoms with Gasteiger partial charge < -0.3 is 10.1 Å². The molecule has 1 amide bonds. The average Bonchev–Trinajstić information content (AvgIpc) is 3.14. The molecule has 142 valence electrons. The number of benzene rings is 2. The van der Waals surface area contributed by atoms with Crippen molar-refractivity contribution in [3.05, 3.63) is 59.7 Å². The molecular weight excluding hydrogens is 394 g/mol. The minimum Gasteiger partial charge on any atom is -0.452 e. The second kappa shape index (κ2) is 9.88. The molecule has 0 aliphatic carbocycles. The number of nitriles is 1. The first kappa shape index (κ1) is 19.9. The van der Waals surface area contributed by atoms with Crippen LogP contribution < -0.4 is 5.32 Å². The molecule has 28 heavy (non-hydrogen) atoms. The van der Waals surface area contributed by atoms with Gasteiger partial charge in [0, 0.05) is 12.3 Å². The number of fused-ring (bicyclic) bond motifs is 1. The summed E-state index contributed by atoms with van der Waals surface area (Å²) in [6.07, 6.45) is 0.218. The van der Waals surface area contributed by atoms with Gasteiger partial charge in [-0.15, -0.1) is 11.3 Å². The first-order valence-corrected chi connectivity index (χ1v) is 10.3. The van der Waals surface area contributed by atoms with Crippen LogP contribution in [0.5, 0.6) is 0 Å². The number of amides is 1. The maximum absolute atomic E-state index is 12.0. The molecule has 0 saturated carbocycles. The molecule has 6 nitrogen and oxygen atoms in total. The first-order valence-electron chi connectivity index (χ1n) is 8.54. The second-order valence-electron chi connectivity index (χ2n) is 5.77. The van der Waals surface area contributed by atoms with E-state index in [4.69, 9.17) is 10.00 Å². The highest BCUT2D eigenvalue weighted by atomic mass is 32.2. The summed E-state index contributed by atoms with van der Waals surface area (Å²) in [4.78, 5) is 28.1. The van der Waals surface area contributed by atoms with Gasteiger partial charge in [0.05, 0.1) is 28.3 Å². The maximum atomic E-state index is 12.0. The predicted molar refractivity (Wildman–Crippen MR) is 109 cm³/mol. The van der Waals surface area contributed by atoms with E-state index in [1.165, 1.54) is 4.70 Å². The van der Waals surface area contributed by atoms with Crippen molar-refractivity contribution < 1.29 is 14.3 Å². The Hall–Kier alpha value is -2.89. The average molecular weight is 412 g/mol. The maximum Gasteiger partial charge on any atom is 0.338 e. The van der Waals surface area contributed by atoms with Gasteiger partial charge in [-0.3, -0.25) is 4.79 Å². The number of thioether (sulfide) groups is 1. The zero-order chi connectivity index (χ0) is 19.8. The topological polar surface area (TPSA) is 92.1 Å². The van der Waals surface area contributed by atoms with Crippen LogP contribution >= 0.6 is 23.1 Å². The summed E-state index contributed by atoms with van der Waals surface area (Å²) in [5.74, 6) is -0.232. The van der Waals surface area contributed by atoms with E-state index in [0.717, 1.165) is 21.2 Å². The number of carbonyl (C=O) groups is 2. The molecule has 0 atom stereocenters. The van der Waals surface area contributed by atoms with Crippen molar-refractivity contribution >= 4 is 45.2 Å². The summed E-state index contributed by atoms with van der Waals surface area (Å²) in [7, 11) is 0. The summed E-state index contributed by atoms with van der Waals surface area (Å²) < 4.78 is 7.15. The SMILES string of the molecule is N#CCCNC(=O)COC(=O)c1ccc(CSc2nc3ccccc3s2)cc1. The molecule has 1 heterocycles. The van der Waals surface area contributed by atoms with Crippen molar-refractivity contribution in [1.82, 2.24) is 10.3 Å². The zero-order valence-electron chi connectivity index (χ0n) is 14.9. The third-order valence-electron chi connectivity index (χ3n) is 3.72. The molecule has 0 radical (unpaired) electrons. The highest BCUT2D eigenvalue weighted by Gasteiger charge is 2.10. The molecule has 8 heteroatoms. The lowest BCUT2D eigenvalue weighted by Gasteiger charge is -2.06. The number of para-hydroxylation sites is 1. The van der Waals surface area contributed by atoms with Crippen LogP contribution in [0.1, 0.15) is 22.3 Å². The fourth-order valence-corrected chi connectivity index (χ4v) is 4.34. The van der Waals surface area contributed by atoms with Crippen molar-refractivity contribution in [1.29, 1.82) is 5.26 Å². The summed E-state index contributed by atoms with van der Waals surface area (Å²) in [6, 6.07) is 17.1. The number of hydrogen-bond acceptors (Lipinski definition) is 7. The Morgan fingerprint density at radius 3 is 2.71 bits per heavy atom. The monoisotopic (exact) mass is 411 g/mol. The van der Waals surface area contributed by atoms with Gasteiger partial charge in [-0.1, -0.05) is 36.0 Å². The van der Waals surface area contributed by atoms with Gasteiger partial charge in [-0.2, -0.15) is 5.26 Å². The Bertz CT molecular complexity index is 976. The van der Waals surface area contributed by atoms with Crippen LogP contribution in [0.15, 0.2) is 52.9 Å². The first-order chi connectivity index (χ1) is 13.7. The van der Waals surface area contributed by atoms with Crippen LogP contribution in [0, 0.1) is 11.3 Å². The number of hydrogen-bond donors (Lipinski definition) is 1. The number of thiazole rings is 1. The Labute approximate surface area is 170 Å². The van der Waals surface area contributed by atoms with Crippen LogP contribution in [0.2, 0.25) is 0 Å². The number of rotatable bonds is 8. The highest BCUT2D eigenvalue weighted by molar-refractivity contribution is 8.00. The summed E-state index contributed by atoms with van der Waals surface area (Å²) in [5.41, 5.74) is 2.46. The molecule has 0 fully saturated rings. The van der Waals surface area contributed by atoms with Crippen molar-refractivity contribution in [2.45, 2.75) is 16.5 Å². The predicted octanol–water partition coefficient (Wildman–Crippen LogP) is 3.78. The van der Waals surface area contributed by atoms with Crippen molar-refractivity contribution in [3.8, 4) is 6.07 Å². The van der Waals surface area contributed by atoms with Gasteiger partial charge in [-0.05, 0) is 29.8 Å². The molecular formula is C20H17N3O3S2. The Morgan fingerprint density at radius 1 is 1.18 bits per heavy atom. The van der Waals surface area contributed by atoms with Gasteiger partial charge in [-0.25, -0.2) is 9.78 Å². The number of nitrogens with one attached hydrogen (secondary N) is 1. The van der Waals surface area contributed by atoms with Crippen LogP contribution in [0.3, 0.4) is 0 Å². The molecule has 0 unspecified atom stereocenters. The van der Waals surface area contributed by atoms with Gasteiger partial charge in [0.2, 0.25) is 0 Å². The number of aromatic nitrogens is 1. The molecule has 3 rings (SSSR count). The normalized spacial score (nSPS) is 10.4. The fraction of sp³-hybridized carbons (Fsp3) is 0.200. The molecule has 2 aromatic carbocycles. The lowest BCUT2D eigenvalue weighted by molar-refractivity contribution is -0.124. The van der Waals surface area contributed by atoms with E-state index in [1.807, 2.05) is 36.4 Å². The molecule has 1 aromatic heterocycles. The van der Waals surface area contributed by atoms with Crippen LogP contribution in [0.4, 0.5) is 0 Å². The standard InChI is InChI=1S/C20H17N3O3S2/c21-10-3-11-22-18(24)12-26-19(25)15-8-6-14(7-9-15)13-27-20-23-16-4-1-2-5-17(16)28-20/h1-2,4-9H,3,11-13H2,(H,22,24). The highest BCUT2D eigenvalue weighted by Crippen LogP contribution is 2.31. The van der Waals surface area contributed by atoms with Gasteiger partial charge >= 0.3 is 5.97 Å². The van der Waals surface area contributed by atoms with E-state index in [-0.39, 0.29) is 19.6 Å². The van der Waals surface area contributed by atoms with E-state index >= 15 is 0 Å². The smallest absolute Gasteiger partial charge is 0.338 e. The fourth-order valence-electron chi connectivity index (χ4n) is 2.32. The lowest BCUT2D eigenvalue weighted by Crippen LogP contribution is -2.29. The Kier molecular flexibility index (Phi) is 7.00. The Morgan fingerprint density at radius 2 is 1.96 bits per heavy atom.